The largest absolute Gasteiger partial charge is 0.456 e. The number of nitrogens with zero attached hydrogens (tertiary/aromatic N) is 1. The standard InChI is InChI=1S/C58H37NO/c1-3-20-46-41(14-1)36-54(51-24-7-5-22-49(46)51)39-16-11-18-44(34-39)59(43-32-30-38(31-33-43)48-27-13-29-57-58(48)53-26-9-10-28-56(53)60-57)45-19-12-17-40(35-45)55-37-42-15-2-4-21-47(42)50-23-6-8-25-52(50)55/h1-37H. The van der Waals surface area contributed by atoms with Crippen molar-refractivity contribution < 1.29 is 4.42 Å². The molecule has 0 amide bonds. The van der Waals surface area contributed by atoms with Crippen LogP contribution < -0.4 is 4.90 Å². The Morgan fingerprint density at radius 2 is 0.733 bits per heavy atom. The fourth-order valence-corrected chi connectivity index (χ4v) is 9.46. The molecule has 2 nitrogen and oxygen atoms in total. The third-order valence-corrected chi connectivity index (χ3v) is 12.2. The Labute approximate surface area is 347 Å². The topological polar surface area (TPSA) is 16.4 Å². The molecule has 12 aromatic rings. The van der Waals surface area contributed by atoms with Crippen molar-refractivity contribution in [1.82, 2.24) is 0 Å². The SMILES string of the molecule is c1cc(-c2cc3ccccc3c3ccccc23)cc(N(c2ccc(-c3cccc4oc5ccccc5c34)cc2)c2cccc(-c3cc4ccccc4c4ccccc34)c2)c1. The predicted molar refractivity (Wildman–Crippen MR) is 255 cm³/mol. The quantitative estimate of drug-likeness (QED) is 0.157. The highest BCUT2D eigenvalue weighted by atomic mass is 16.3. The van der Waals surface area contributed by atoms with Gasteiger partial charge in [-0.3, -0.25) is 0 Å². The summed E-state index contributed by atoms with van der Waals surface area (Å²) in [5.41, 5.74) is 12.1. The molecular weight excluding hydrogens is 727 g/mol. The van der Waals surface area contributed by atoms with E-state index < -0.39 is 0 Å². The molecule has 0 aliphatic rings. The van der Waals surface area contributed by atoms with Crippen molar-refractivity contribution >= 4 is 82.1 Å². The zero-order valence-corrected chi connectivity index (χ0v) is 32.7. The van der Waals surface area contributed by atoms with Crippen molar-refractivity contribution in [2.24, 2.45) is 0 Å². The van der Waals surface area contributed by atoms with Gasteiger partial charge in [0.15, 0.2) is 0 Å². The highest BCUT2D eigenvalue weighted by molar-refractivity contribution is 6.16. The van der Waals surface area contributed by atoms with Crippen molar-refractivity contribution in [3.63, 3.8) is 0 Å². The molecule has 0 aliphatic heterocycles. The van der Waals surface area contributed by atoms with Crippen LogP contribution in [0.1, 0.15) is 0 Å². The second-order valence-corrected chi connectivity index (χ2v) is 15.6. The molecule has 0 spiro atoms. The minimum atomic E-state index is 0.899. The van der Waals surface area contributed by atoms with E-state index in [2.05, 4.69) is 217 Å². The summed E-state index contributed by atoms with van der Waals surface area (Å²) in [6, 6.07) is 81.4. The van der Waals surface area contributed by atoms with Gasteiger partial charge in [0.05, 0.1) is 0 Å². The molecule has 1 aromatic heterocycles. The molecule has 0 bridgehead atoms. The van der Waals surface area contributed by atoms with Crippen LogP contribution in [0.3, 0.4) is 0 Å². The summed E-state index contributed by atoms with van der Waals surface area (Å²) in [6.45, 7) is 0. The van der Waals surface area contributed by atoms with E-state index in [9.17, 15) is 0 Å². The Balaban J connectivity index is 1.04. The highest BCUT2D eigenvalue weighted by Gasteiger charge is 2.18. The molecule has 0 fully saturated rings. The maximum Gasteiger partial charge on any atom is 0.136 e. The minimum Gasteiger partial charge on any atom is -0.456 e. The van der Waals surface area contributed by atoms with Crippen LogP contribution in [-0.2, 0) is 0 Å². The lowest BCUT2D eigenvalue weighted by molar-refractivity contribution is 0.669. The maximum atomic E-state index is 6.28. The number of fused-ring (bicyclic) bond motifs is 9. The van der Waals surface area contributed by atoms with Crippen molar-refractivity contribution in [2.75, 3.05) is 4.90 Å². The van der Waals surface area contributed by atoms with Gasteiger partial charge in [0.2, 0.25) is 0 Å². The molecule has 12 rings (SSSR count). The van der Waals surface area contributed by atoms with E-state index in [1.54, 1.807) is 0 Å². The van der Waals surface area contributed by atoms with Crippen molar-refractivity contribution in [2.45, 2.75) is 0 Å². The lowest BCUT2D eigenvalue weighted by atomic mass is 9.92. The summed E-state index contributed by atoms with van der Waals surface area (Å²) in [4.78, 5) is 2.40. The van der Waals surface area contributed by atoms with Gasteiger partial charge in [0.25, 0.3) is 0 Å². The van der Waals surface area contributed by atoms with Crippen LogP contribution in [0.5, 0.6) is 0 Å². The van der Waals surface area contributed by atoms with Crippen molar-refractivity contribution in [3.05, 3.63) is 224 Å². The van der Waals surface area contributed by atoms with Gasteiger partial charge in [-0.1, -0.05) is 164 Å². The first kappa shape index (κ1) is 34.1. The van der Waals surface area contributed by atoms with Crippen LogP contribution in [-0.4, -0.2) is 0 Å². The number of para-hydroxylation sites is 1. The molecule has 0 atom stereocenters. The average Bonchev–Trinajstić information content (AvgIpc) is 3.71. The van der Waals surface area contributed by atoms with Crippen LogP contribution in [0, 0.1) is 0 Å². The number of anilines is 3. The van der Waals surface area contributed by atoms with Gasteiger partial charge in [-0.2, -0.15) is 0 Å². The summed E-state index contributed by atoms with van der Waals surface area (Å²) in [5.74, 6) is 0. The van der Waals surface area contributed by atoms with Crippen molar-refractivity contribution in [1.29, 1.82) is 0 Å². The number of hydrogen-bond donors (Lipinski definition) is 0. The first-order valence-electron chi connectivity index (χ1n) is 20.6. The van der Waals surface area contributed by atoms with E-state index in [-0.39, 0.29) is 0 Å². The Morgan fingerprint density at radius 3 is 1.32 bits per heavy atom. The van der Waals surface area contributed by atoms with Gasteiger partial charge in [0, 0.05) is 27.8 Å². The van der Waals surface area contributed by atoms with E-state index in [4.69, 9.17) is 4.42 Å². The van der Waals surface area contributed by atoms with Gasteiger partial charge < -0.3 is 9.32 Å². The lowest BCUT2D eigenvalue weighted by Crippen LogP contribution is -2.10. The summed E-state index contributed by atoms with van der Waals surface area (Å²) >= 11 is 0. The van der Waals surface area contributed by atoms with Gasteiger partial charge in [0.1, 0.15) is 11.2 Å². The van der Waals surface area contributed by atoms with Gasteiger partial charge in [-0.25, -0.2) is 0 Å². The van der Waals surface area contributed by atoms with Gasteiger partial charge in [-0.15, -0.1) is 0 Å². The van der Waals surface area contributed by atoms with E-state index in [1.807, 2.05) is 12.1 Å². The molecule has 0 saturated heterocycles. The fourth-order valence-electron chi connectivity index (χ4n) is 9.46. The Kier molecular flexibility index (Phi) is 7.89. The number of hydrogen-bond acceptors (Lipinski definition) is 2. The molecular formula is C58H37NO. The summed E-state index contributed by atoms with van der Waals surface area (Å²) in [5, 5.41) is 12.3. The third-order valence-electron chi connectivity index (χ3n) is 12.2. The Morgan fingerprint density at radius 1 is 0.267 bits per heavy atom. The predicted octanol–water partition coefficient (Wildman–Crippen LogP) is 16.7. The summed E-state index contributed by atoms with van der Waals surface area (Å²) in [7, 11) is 0. The maximum absolute atomic E-state index is 6.28. The van der Waals surface area contributed by atoms with E-state index >= 15 is 0 Å². The van der Waals surface area contributed by atoms with Crippen LogP contribution in [0.4, 0.5) is 17.1 Å². The smallest absolute Gasteiger partial charge is 0.136 e. The van der Waals surface area contributed by atoms with E-state index in [0.29, 0.717) is 0 Å². The monoisotopic (exact) mass is 763 g/mol. The molecule has 0 saturated carbocycles. The molecule has 0 aliphatic carbocycles. The van der Waals surface area contributed by atoms with Crippen LogP contribution >= 0.6 is 0 Å². The zero-order valence-electron chi connectivity index (χ0n) is 32.7. The second kappa shape index (κ2) is 13.9. The normalized spacial score (nSPS) is 11.7. The van der Waals surface area contributed by atoms with Gasteiger partial charge in [-0.05, 0) is 137 Å². The van der Waals surface area contributed by atoms with Gasteiger partial charge >= 0.3 is 0 Å². The summed E-state index contributed by atoms with van der Waals surface area (Å²) in [6.07, 6.45) is 0. The van der Waals surface area contributed by atoms with Crippen LogP contribution in [0.2, 0.25) is 0 Å². The molecule has 0 N–H and O–H groups in total. The molecule has 2 heteroatoms. The Bertz CT molecular complexity index is 3450. The minimum absolute atomic E-state index is 0.899. The first-order valence-corrected chi connectivity index (χ1v) is 20.6. The third kappa shape index (κ3) is 5.57. The highest BCUT2D eigenvalue weighted by Crippen LogP contribution is 2.44. The number of rotatable bonds is 6. The molecule has 11 aromatic carbocycles. The average molecular weight is 764 g/mol. The fraction of sp³-hybridized carbons (Fsp3) is 0. The Hall–Kier alpha value is -7.94. The zero-order chi connectivity index (χ0) is 39.6. The first-order chi connectivity index (χ1) is 29.7. The molecule has 280 valence electrons. The van der Waals surface area contributed by atoms with E-state index in [0.717, 1.165) is 50.1 Å². The molecule has 0 unspecified atom stereocenters. The molecule has 60 heavy (non-hydrogen) atoms. The lowest BCUT2D eigenvalue weighted by Gasteiger charge is -2.27. The number of furan rings is 1. The molecule has 1 heterocycles. The van der Waals surface area contributed by atoms with Crippen LogP contribution in [0.25, 0.3) is 98.4 Å². The second-order valence-electron chi connectivity index (χ2n) is 15.6. The van der Waals surface area contributed by atoms with Crippen LogP contribution in [0.15, 0.2) is 229 Å². The number of benzene rings is 11. The molecule has 0 radical (unpaired) electrons. The van der Waals surface area contributed by atoms with E-state index in [1.165, 1.54) is 65.3 Å². The summed E-state index contributed by atoms with van der Waals surface area (Å²) < 4.78 is 6.28. The van der Waals surface area contributed by atoms with Crippen molar-refractivity contribution in [3.8, 4) is 33.4 Å².